The Labute approximate surface area is 138 Å². The number of para-hydroxylation sites is 1. The fourth-order valence-electron chi connectivity index (χ4n) is 4.82. The Balaban J connectivity index is 2.05. The predicted octanol–water partition coefficient (Wildman–Crippen LogP) is 4.09. The number of hydrogen-bond donors (Lipinski definition) is 1. The molecule has 0 aromatic heterocycles. The first-order chi connectivity index (χ1) is 10.8. The maximum absolute atomic E-state index is 13.6. The average molecular weight is 314 g/mol. The minimum atomic E-state index is -0.477. The summed E-state index contributed by atoms with van der Waals surface area (Å²) in [5, 5.41) is 13.0. The fourth-order valence-corrected chi connectivity index (χ4v) is 4.82. The molecule has 2 unspecified atom stereocenters. The molecule has 2 atom stereocenters. The number of fused-ring (bicyclic) bond motifs is 2. The van der Waals surface area contributed by atoms with Crippen LogP contribution in [0.5, 0.6) is 0 Å². The Morgan fingerprint density at radius 2 is 1.87 bits per heavy atom. The van der Waals surface area contributed by atoms with E-state index in [2.05, 4.69) is 25.9 Å². The monoisotopic (exact) mass is 314 g/mol. The summed E-state index contributed by atoms with van der Waals surface area (Å²) in [7, 11) is 0. The molecule has 1 aromatic carbocycles. The topological polar surface area (TPSA) is 52.9 Å². The largest absolute Gasteiger partial charge is 0.411 e. The number of nitrogens with zero attached hydrogens (tertiary/aromatic N) is 2. The van der Waals surface area contributed by atoms with Crippen molar-refractivity contribution in [3.05, 3.63) is 30.3 Å². The Hall–Kier alpha value is -1.84. The summed E-state index contributed by atoms with van der Waals surface area (Å²) in [6, 6.07) is 9.84. The fraction of sp³-hybridized carbons (Fsp3) is 0.579. The number of carbonyl (C=O) groups excluding carboxylic acids is 1. The zero-order valence-electron chi connectivity index (χ0n) is 14.5. The third-order valence-corrected chi connectivity index (χ3v) is 6.89. The second kappa shape index (κ2) is 5.08. The van der Waals surface area contributed by atoms with Crippen LogP contribution in [0.3, 0.4) is 0 Å². The van der Waals surface area contributed by atoms with Gasteiger partial charge in [0.05, 0.1) is 11.1 Å². The third-order valence-electron chi connectivity index (χ3n) is 6.89. The summed E-state index contributed by atoms with van der Waals surface area (Å²) in [5.41, 5.74) is 0.822. The standard InChI is InChI=1S/C19H26N2O2/c1-5-21(14-9-7-6-8-10-14)16(22)19-12-11-18(4,17(19,2)3)15(13-19)20-23/h6-10,23H,5,11-13H2,1-4H3. The highest BCUT2D eigenvalue weighted by Crippen LogP contribution is 2.71. The molecule has 0 saturated heterocycles. The summed E-state index contributed by atoms with van der Waals surface area (Å²) < 4.78 is 0. The molecule has 0 radical (unpaired) electrons. The minimum absolute atomic E-state index is 0.165. The van der Waals surface area contributed by atoms with E-state index in [1.54, 1.807) is 0 Å². The molecule has 2 fully saturated rings. The maximum Gasteiger partial charge on any atom is 0.234 e. The van der Waals surface area contributed by atoms with Crippen LogP contribution < -0.4 is 4.90 Å². The van der Waals surface area contributed by atoms with Crippen LogP contribution in [0.4, 0.5) is 5.69 Å². The highest BCUT2D eigenvalue weighted by atomic mass is 16.4. The number of hydrogen-bond acceptors (Lipinski definition) is 3. The van der Waals surface area contributed by atoms with Crippen LogP contribution in [0, 0.1) is 16.2 Å². The van der Waals surface area contributed by atoms with E-state index in [0.717, 1.165) is 24.2 Å². The van der Waals surface area contributed by atoms with Gasteiger partial charge in [-0.25, -0.2) is 0 Å². The molecule has 0 aliphatic heterocycles. The van der Waals surface area contributed by atoms with Crippen molar-refractivity contribution in [3.8, 4) is 0 Å². The molecule has 2 saturated carbocycles. The van der Waals surface area contributed by atoms with Gasteiger partial charge in [-0.15, -0.1) is 0 Å². The van der Waals surface area contributed by atoms with Crippen LogP contribution in [0.2, 0.25) is 0 Å². The van der Waals surface area contributed by atoms with Crippen LogP contribution >= 0.6 is 0 Å². The van der Waals surface area contributed by atoms with Gasteiger partial charge in [0.15, 0.2) is 0 Å². The van der Waals surface area contributed by atoms with Crippen LogP contribution in [0.15, 0.2) is 35.5 Å². The molecule has 0 heterocycles. The van der Waals surface area contributed by atoms with E-state index in [0.29, 0.717) is 13.0 Å². The van der Waals surface area contributed by atoms with Crippen molar-refractivity contribution < 1.29 is 10.0 Å². The molecule has 124 valence electrons. The molecule has 2 bridgehead atoms. The lowest BCUT2D eigenvalue weighted by Crippen LogP contribution is -2.48. The van der Waals surface area contributed by atoms with Crippen molar-refractivity contribution in [2.75, 3.05) is 11.4 Å². The van der Waals surface area contributed by atoms with Gasteiger partial charge in [-0.2, -0.15) is 0 Å². The molecule has 23 heavy (non-hydrogen) atoms. The Kier molecular flexibility index (Phi) is 3.54. The zero-order chi connectivity index (χ0) is 16.9. The molecule has 4 nitrogen and oxygen atoms in total. The molecule has 1 N–H and O–H groups in total. The maximum atomic E-state index is 13.6. The van der Waals surface area contributed by atoms with Gasteiger partial charge in [0.1, 0.15) is 0 Å². The summed E-state index contributed by atoms with van der Waals surface area (Å²) in [6.45, 7) is 9.12. The minimum Gasteiger partial charge on any atom is -0.411 e. The zero-order valence-corrected chi connectivity index (χ0v) is 14.5. The summed E-state index contributed by atoms with van der Waals surface area (Å²) in [6.07, 6.45) is 2.32. The molecule has 2 aliphatic carbocycles. The van der Waals surface area contributed by atoms with Crippen LogP contribution in [-0.4, -0.2) is 23.4 Å². The summed E-state index contributed by atoms with van der Waals surface area (Å²) >= 11 is 0. The first kappa shape index (κ1) is 16.0. The SMILES string of the molecule is CCN(C(=O)C12CCC(C)(C(=NO)C1)C2(C)C)c1ccccc1. The lowest BCUT2D eigenvalue weighted by molar-refractivity contribution is -0.133. The third kappa shape index (κ3) is 1.84. The highest BCUT2D eigenvalue weighted by molar-refractivity contribution is 6.07. The van der Waals surface area contributed by atoms with E-state index in [1.807, 2.05) is 42.2 Å². The molecule has 3 rings (SSSR count). The van der Waals surface area contributed by atoms with Gasteiger partial charge in [0.2, 0.25) is 5.91 Å². The van der Waals surface area contributed by atoms with Crippen LogP contribution in [0.25, 0.3) is 0 Å². The Bertz CT molecular complexity index is 653. The molecule has 4 heteroatoms. The molecule has 1 aromatic rings. The number of anilines is 1. The molecule has 1 amide bonds. The summed E-state index contributed by atoms with van der Waals surface area (Å²) in [5.74, 6) is 0.165. The van der Waals surface area contributed by atoms with Gasteiger partial charge in [0, 0.05) is 24.1 Å². The first-order valence-electron chi connectivity index (χ1n) is 8.42. The molecular weight excluding hydrogens is 288 g/mol. The van der Waals surface area contributed by atoms with Gasteiger partial charge in [-0.1, -0.05) is 44.1 Å². The van der Waals surface area contributed by atoms with Crippen molar-refractivity contribution in [2.24, 2.45) is 21.4 Å². The quantitative estimate of drug-likeness (QED) is 0.675. The van der Waals surface area contributed by atoms with E-state index in [-0.39, 0.29) is 16.7 Å². The average Bonchev–Trinajstić information content (AvgIpc) is 2.86. The van der Waals surface area contributed by atoms with Crippen LogP contribution in [0.1, 0.15) is 47.0 Å². The number of carbonyl (C=O) groups is 1. The lowest BCUT2D eigenvalue weighted by Gasteiger charge is -2.41. The molecular formula is C19H26N2O2. The van der Waals surface area contributed by atoms with E-state index >= 15 is 0 Å². The predicted molar refractivity (Wildman–Crippen MR) is 91.9 cm³/mol. The lowest BCUT2D eigenvalue weighted by atomic mass is 9.64. The van der Waals surface area contributed by atoms with Gasteiger partial charge < -0.3 is 10.1 Å². The van der Waals surface area contributed by atoms with Crippen molar-refractivity contribution in [1.29, 1.82) is 0 Å². The van der Waals surface area contributed by atoms with Crippen molar-refractivity contribution in [1.82, 2.24) is 0 Å². The molecule has 0 spiro atoms. The smallest absolute Gasteiger partial charge is 0.234 e. The normalized spacial score (nSPS) is 33.1. The van der Waals surface area contributed by atoms with Gasteiger partial charge in [-0.3, -0.25) is 4.79 Å². The number of benzene rings is 1. The van der Waals surface area contributed by atoms with E-state index in [4.69, 9.17) is 0 Å². The van der Waals surface area contributed by atoms with Crippen molar-refractivity contribution in [2.45, 2.75) is 47.0 Å². The van der Waals surface area contributed by atoms with Crippen LogP contribution in [-0.2, 0) is 4.79 Å². The highest BCUT2D eigenvalue weighted by Gasteiger charge is 2.72. The van der Waals surface area contributed by atoms with Gasteiger partial charge in [-0.05, 0) is 37.3 Å². The Morgan fingerprint density at radius 1 is 1.22 bits per heavy atom. The molecule has 2 aliphatic rings. The van der Waals surface area contributed by atoms with Crippen molar-refractivity contribution in [3.63, 3.8) is 0 Å². The van der Waals surface area contributed by atoms with E-state index in [9.17, 15) is 10.0 Å². The Morgan fingerprint density at radius 3 is 2.39 bits per heavy atom. The summed E-state index contributed by atoms with van der Waals surface area (Å²) in [4.78, 5) is 15.4. The second-order valence-corrected chi connectivity index (χ2v) is 7.65. The van der Waals surface area contributed by atoms with E-state index < -0.39 is 5.41 Å². The van der Waals surface area contributed by atoms with Gasteiger partial charge in [0.25, 0.3) is 0 Å². The first-order valence-corrected chi connectivity index (χ1v) is 8.42. The number of rotatable bonds is 3. The number of oxime groups is 1. The number of amides is 1. The second-order valence-electron chi connectivity index (χ2n) is 7.65. The van der Waals surface area contributed by atoms with Crippen molar-refractivity contribution >= 4 is 17.3 Å². The van der Waals surface area contributed by atoms with E-state index in [1.165, 1.54) is 0 Å². The van der Waals surface area contributed by atoms with Gasteiger partial charge >= 0.3 is 0 Å².